The molecule has 0 amide bonds. The van der Waals surface area contributed by atoms with Crippen molar-refractivity contribution in [3.8, 4) is 0 Å². The van der Waals surface area contributed by atoms with Gasteiger partial charge < -0.3 is 0 Å². The Labute approximate surface area is 86.7 Å². The molecule has 6 heteroatoms. The van der Waals surface area contributed by atoms with E-state index in [1.165, 1.54) is 0 Å². The molecular formula is C8H10ClN5. The molecular weight excluding hydrogens is 202 g/mol. The molecule has 2 N–H and O–H groups in total. The molecule has 14 heavy (non-hydrogen) atoms. The quantitative estimate of drug-likeness (QED) is 0.709. The summed E-state index contributed by atoms with van der Waals surface area (Å²) in [5.41, 5.74) is 6.79. The predicted molar refractivity (Wildman–Crippen MR) is 54.4 cm³/mol. The summed E-state index contributed by atoms with van der Waals surface area (Å²) in [5, 5.41) is 6.33. The van der Waals surface area contributed by atoms with Gasteiger partial charge in [-0.15, -0.1) is 10.2 Å². The summed E-state index contributed by atoms with van der Waals surface area (Å²) in [4.78, 5) is 3.97. The van der Waals surface area contributed by atoms with E-state index in [-0.39, 0.29) is 0 Å². The van der Waals surface area contributed by atoms with E-state index in [4.69, 9.17) is 11.6 Å². The van der Waals surface area contributed by atoms with Crippen molar-refractivity contribution in [2.75, 3.05) is 6.54 Å². The SMILES string of the molecule is CCN1NN=C(c2ccc(Cl)nc2)N1. The molecule has 0 spiro atoms. The highest BCUT2D eigenvalue weighted by Gasteiger charge is 2.13. The van der Waals surface area contributed by atoms with Gasteiger partial charge in [-0.1, -0.05) is 11.6 Å². The number of halogens is 1. The highest BCUT2D eigenvalue weighted by Crippen LogP contribution is 2.06. The third kappa shape index (κ3) is 1.78. The fourth-order valence-electron chi connectivity index (χ4n) is 1.08. The summed E-state index contributed by atoms with van der Waals surface area (Å²) < 4.78 is 0. The third-order valence-electron chi connectivity index (χ3n) is 1.84. The highest BCUT2D eigenvalue weighted by molar-refractivity contribution is 6.29. The number of amidine groups is 1. The molecule has 0 saturated heterocycles. The Morgan fingerprint density at radius 1 is 1.50 bits per heavy atom. The van der Waals surface area contributed by atoms with Gasteiger partial charge >= 0.3 is 0 Å². The zero-order valence-corrected chi connectivity index (χ0v) is 8.41. The van der Waals surface area contributed by atoms with Gasteiger partial charge in [0, 0.05) is 18.3 Å². The van der Waals surface area contributed by atoms with Crippen LogP contribution in [-0.2, 0) is 0 Å². The normalized spacial score (nSPS) is 16.0. The lowest BCUT2D eigenvalue weighted by atomic mass is 10.3. The van der Waals surface area contributed by atoms with Gasteiger partial charge in [-0.2, -0.15) is 0 Å². The summed E-state index contributed by atoms with van der Waals surface area (Å²) in [7, 11) is 0. The second-order valence-corrected chi connectivity index (χ2v) is 3.17. The van der Waals surface area contributed by atoms with E-state index in [1.807, 2.05) is 13.0 Å². The lowest BCUT2D eigenvalue weighted by Gasteiger charge is -2.11. The second-order valence-electron chi connectivity index (χ2n) is 2.79. The summed E-state index contributed by atoms with van der Waals surface area (Å²) >= 11 is 5.68. The topological polar surface area (TPSA) is 52.5 Å². The minimum absolute atomic E-state index is 0.479. The van der Waals surface area contributed by atoms with Crippen LogP contribution >= 0.6 is 11.6 Å². The molecule has 0 aromatic carbocycles. The first-order valence-electron chi connectivity index (χ1n) is 4.29. The zero-order valence-electron chi connectivity index (χ0n) is 7.66. The highest BCUT2D eigenvalue weighted by atomic mass is 35.5. The van der Waals surface area contributed by atoms with Crippen molar-refractivity contribution >= 4 is 17.4 Å². The Balaban J connectivity index is 2.13. The van der Waals surface area contributed by atoms with Crippen LogP contribution in [0.5, 0.6) is 0 Å². The molecule has 1 aliphatic rings. The van der Waals surface area contributed by atoms with E-state index >= 15 is 0 Å². The van der Waals surface area contributed by atoms with Crippen LogP contribution in [0.4, 0.5) is 0 Å². The number of hydrogen-bond donors (Lipinski definition) is 2. The minimum Gasteiger partial charge on any atom is -0.282 e. The maximum Gasteiger partial charge on any atom is 0.172 e. The van der Waals surface area contributed by atoms with Gasteiger partial charge in [-0.3, -0.25) is 5.43 Å². The molecule has 5 nitrogen and oxygen atoms in total. The van der Waals surface area contributed by atoms with Gasteiger partial charge in [0.25, 0.3) is 0 Å². The third-order valence-corrected chi connectivity index (χ3v) is 2.06. The Bertz CT molecular complexity index is 347. The van der Waals surface area contributed by atoms with Crippen molar-refractivity contribution in [3.63, 3.8) is 0 Å². The number of nitrogens with one attached hydrogen (secondary N) is 2. The Hall–Kier alpha value is -1.33. The first kappa shape index (κ1) is 9.23. The molecule has 2 rings (SSSR count). The molecule has 1 aliphatic heterocycles. The first-order valence-corrected chi connectivity index (χ1v) is 4.67. The van der Waals surface area contributed by atoms with E-state index in [2.05, 4.69) is 21.0 Å². The van der Waals surface area contributed by atoms with Crippen LogP contribution in [0.1, 0.15) is 12.5 Å². The van der Waals surface area contributed by atoms with Gasteiger partial charge in [0.2, 0.25) is 0 Å². The van der Waals surface area contributed by atoms with Gasteiger partial charge in [0.05, 0.1) is 0 Å². The summed E-state index contributed by atoms with van der Waals surface area (Å²) in [6.45, 7) is 2.83. The van der Waals surface area contributed by atoms with E-state index in [0.717, 1.165) is 17.9 Å². The number of aromatic nitrogens is 1. The molecule has 0 atom stereocenters. The Morgan fingerprint density at radius 2 is 2.36 bits per heavy atom. The maximum absolute atomic E-state index is 5.68. The number of hydrazone groups is 1. The van der Waals surface area contributed by atoms with Crippen LogP contribution in [0.15, 0.2) is 23.4 Å². The Morgan fingerprint density at radius 3 is 2.93 bits per heavy atom. The summed E-state index contributed by atoms with van der Waals surface area (Å²) in [6, 6.07) is 3.59. The smallest absolute Gasteiger partial charge is 0.172 e. The number of rotatable bonds is 2. The average molecular weight is 212 g/mol. The van der Waals surface area contributed by atoms with E-state index in [1.54, 1.807) is 17.4 Å². The van der Waals surface area contributed by atoms with Crippen molar-refractivity contribution < 1.29 is 0 Å². The number of hydrogen-bond acceptors (Lipinski definition) is 5. The maximum atomic E-state index is 5.68. The molecule has 0 saturated carbocycles. The van der Waals surface area contributed by atoms with Crippen LogP contribution in [0.25, 0.3) is 0 Å². The predicted octanol–water partition coefficient (Wildman–Crippen LogP) is 0.741. The van der Waals surface area contributed by atoms with Crippen molar-refractivity contribution in [1.82, 2.24) is 21.1 Å². The van der Waals surface area contributed by atoms with Gasteiger partial charge in [0.1, 0.15) is 5.15 Å². The summed E-state index contributed by atoms with van der Waals surface area (Å²) in [5.74, 6) is 0.746. The van der Waals surface area contributed by atoms with Crippen molar-refractivity contribution in [1.29, 1.82) is 0 Å². The zero-order chi connectivity index (χ0) is 9.97. The van der Waals surface area contributed by atoms with E-state index in [0.29, 0.717) is 5.15 Å². The lowest BCUT2D eigenvalue weighted by Crippen LogP contribution is -2.41. The first-order chi connectivity index (χ1) is 6.79. The number of hydrazine groups is 2. The van der Waals surface area contributed by atoms with Crippen molar-refractivity contribution in [3.05, 3.63) is 29.0 Å². The standard InChI is InChI=1S/C8H10ClN5/c1-2-14-12-8(11-13-14)6-3-4-7(9)10-5-6/h3-5,13H,2H2,1H3,(H,11,12). The second kappa shape index (κ2) is 3.81. The van der Waals surface area contributed by atoms with E-state index in [9.17, 15) is 0 Å². The van der Waals surface area contributed by atoms with Crippen LogP contribution in [0.3, 0.4) is 0 Å². The lowest BCUT2D eigenvalue weighted by molar-refractivity contribution is 0.191. The van der Waals surface area contributed by atoms with Gasteiger partial charge in [-0.05, 0) is 19.1 Å². The Kier molecular flexibility index (Phi) is 2.51. The van der Waals surface area contributed by atoms with Gasteiger partial charge in [0.15, 0.2) is 5.84 Å². The molecule has 0 aliphatic carbocycles. The number of pyridine rings is 1. The summed E-state index contributed by atoms with van der Waals surface area (Å²) in [6.07, 6.45) is 1.68. The van der Waals surface area contributed by atoms with Crippen molar-refractivity contribution in [2.45, 2.75) is 6.92 Å². The molecule has 0 bridgehead atoms. The minimum atomic E-state index is 0.479. The van der Waals surface area contributed by atoms with Crippen LogP contribution in [0.2, 0.25) is 5.15 Å². The van der Waals surface area contributed by atoms with Crippen LogP contribution in [-0.4, -0.2) is 22.5 Å². The monoisotopic (exact) mass is 211 g/mol. The molecule has 0 radical (unpaired) electrons. The molecule has 2 heterocycles. The molecule has 1 aromatic heterocycles. The van der Waals surface area contributed by atoms with Crippen LogP contribution < -0.4 is 11.0 Å². The number of nitrogens with zero attached hydrogens (tertiary/aromatic N) is 3. The van der Waals surface area contributed by atoms with Crippen molar-refractivity contribution in [2.24, 2.45) is 5.10 Å². The molecule has 1 aromatic rings. The fraction of sp³-hybridized carbons (Fsp3) is 0.250. The molecule has 0 unspecified atom stereocenters. The van der Waals surface area contributed by atoms with Crippen LogP contribution in [0, 0.1) is 0 Å². The fourth-order valence-corrected chi connectivity index (χ4v) is 1.19. The van der Waals surface area contributed by atoms with Gasteiger partial charge in [-0.25, -0.2) is 10.5 Å². The average Bonchev–Trinajstić information content (AvgIpc) is 2.67. The van der Waals surface area contributed by atoms with E-state index < -0.39 is 0 Å². The largest absolute Gasteiger partial charge is 0.282 e. The molecule has 74 valence electrons. The molecule has 0 fully saturated rings.